The third-order valence-electron chi connectivity index (χ3n) is 5.66. The number of aliphatic hydroxyl groups excluding tert-OH is 1. The second-order valence-electron chi connectivity index (χ2n) is 7.44. The molecule has 1 N–H and O–H groups in total. The maximum absolute atomic E-state index is 12.5. The molecule has 2 aromatic carbocycles. The average Bonchev–Trinajstić information content (AvgIpc) is 3.58. The monoisotopic (exact) mass is 386 g/mol. The Morgan fingerprint density at radius 1 is 1.17 bits per heavy atom. The van der Waals surface area contributed by atoms with Crippen LogP contribution in [0.25, 0.3) is 0 Å². The highest BCUT2D eigenvalue weighted by Gasteiger charge is 2.53. The predicted octanol–water partition coefficient (Wildman–Crippen LogP) is 2.68. The van der Waals surface area contributed by atoms with E-state index in [1.807, 2.05) is 48.5 Å². The first kappa shape index (κ1) is 19.1. The third kappa shape index (κ3) is 3.58. The molecule has 1 amide bonds. The summed E-state index contributed by atoms with van der Waals surface area (Å²) in [5.41, 5.74) is 2.61. The topological polar surface area (TPSA) is 73.6 Å². The number of hydrogen-bond acceptors (Lipinski definition) is 4. The zero-order chi connectivity index (χ0) is 20.4. The summed E-state index contributed by atoms with van der Waals surface area (Å²) in [6.45, 7) is -0.142. The summed E-state index contributed by atoms with van der Waals surface area (Å²) in [6, 6.07) is 16.7. The molecule has 5 heteroatoms. The van der Waals surface area contributed by atoms with Crippen molar-refractivity contribution < 1.29 is 14.6 Å². The van der Waals surface area contributed by atoms with Crippen molar-refractivity contribution >= 4 is 5.91 Å². The van der Waals surface area contributed by atoms with E-state index in [9.17, 15) is 15.2 Å². The van der Waals surface area contributed by atoms with E-state index in [1.54, 1.807) is 12.0 Å². The lowest BCUT2D eigenvalue weighted by molar-refractivity contribution is -0.148. The number of methoxy groups -OCH3 is 1. The summed E-state index contributed by atoms with van der Waals surface area (Å²) in [7, 11) is 1.62. The first-order chi connectivity index (χ1) is 14.2. The van der Waals surface area contributed by atoms with Crippen LogP contribution in [0.2, 0.25) is 0 Å². The van der Waals surface area contributed by atoms with Crippen LogP contribution in [0.3, 0.4) is 0 Å². The summed E-state index contributed by atoms with van der Waals surface area (Å²) in [6.07, 6.45) is 1.77. The van der Waals surface area contributed by atoms with E-state index in [4.69, 9.17) is 4.74 Å². The summed E-state index contributed by atoms with van der Waals surface area (Å²) in [4.78, 5) is 14.0. The number of nitriles is 1. The van der Waals surface area contributed by atoms with Gasteiger partial charge in [0.05, 0.1) is 31.4 Å². The standard InChI is InChI=1S/C24H22N2O3/c1-29-22-5-3-2-4-17(22)9-6-16-7-10-18(11-8-16)23-20(14-25)26(21(23)15-27)24(28)19-12-13-19/h2-5,7-8,10-11,19-21,23,27H,12-13,15H2,1H3/t20-,21+,23+/m1/s1. The first-order valence-electron chi connectivity index (χ1n) is 9.75. The molecule has 1 saturated carbocycles. The summed E-state index contributed by atoms with van der Waals surface area (Å²) in [5, 5.41) is 19.4. The van der Waals surface area contributed by atoms with Crippen molar-refractivity contribution in [3.63, 3.8) is 0 Å². The van der Waals surface area contributed by atoms with Gasteiger partial charge in [0.25, 0.3) is 0 Å². The molecular weight excluding hydrogens is 364 g/mol. The van der Waals surface area contributed by atoms with E-state index in [-0.39, 0.29) is 30.4 Å². The Morgan fingerprint density at radius 2 is 1.90 bits per heavy atom. The zero-order valence-electron chi connectivity index (χ0n) is 16.2. The Labute approximate surface area is 170 Å². The molecule has 1 saturated heterocycles. The molecule has 1 aliphatic carbocycles. The van der Waals surface area contributed by atoms with Gasteiger partial charge in [-0.05, 0) is 42.7 Å². The van der Waals surface area contributed by atoms with Crippen LogP contribution in [0.4, 0.5) is 0 Å². The Kier molecular flexibility index (Phi) is 5.25. The summed E-state index contributed by atoms with van der Waals surface area (Å²) in [5.74, 6) is 6.84. The lowest BCUT2D eigenvalue weighted by Gasteiger charge is -2.51. The largest absolute Gasteiger partial charge is 0.495 e. The molecule has 29 heavy (non-hydrogen) atoms. The fourth-order valence-corrected chi connectivity index (χ4v) is 3.93. The highest BCUT2D eigenvalue weighted by molar-refractivity contribution is 5.83. The van der Waals surface area contributed by atoms with Crippen molar-refractivity contribution in [2.24, 2.45) is 5.92 Å². The number of rotatable bonds is 4. The molecule has 1 aliphatic heterocycles. The molecular formula is C24H22N2O3. The van der Waals surface area contributed by atoms with Crippen LogP contribution in [-0.4, -0.2) is 41.7 Å². The Morgan fingerprint density at radius 3 is 2.52 bits per heavy atom. The second kappa shape index (κ2) is 7.99. The van der Waals surface area contributed by atoms with Gasteiger partial charge in [0.1, 0.15) is 11.8 Å². The normalized spacial score (nSPS) is 22.7. The van der Waals surface area contributed by atoms with E-state index >= 15 is 0 Å². The molecule has 0 unspecified atom stereocenters. The molecule has 2 fully saturated rings. The van der Waals surface area contributed by atoms with Gasteiger partial charge in [-0.2, -0.15) is 5.26 Å². The van der Waals surface area contributed by atoms with E-state index in [0.717, 1.165) is 35.3 Å². The smallest absolute Gasteiger partial charge is 0.227 e. The molecule has 3 atom stereocenters. The van der Waals surface area contributed by atoms with Crippen molar-refractivity contribution in [3.8, 4) is 23.7 Å². The van der Waals surface area contributed by atoms with E-state index in [0.29, 0.717) is 0 Å². The van der Waals surface area contributed by atoms with Crippen LogP contribution in [0.1, 0.15) is 35.4 Å². The van der Waals surface area contributed by atoms with Gasteiger partial charge in [0.2, 0.25) is 5.91 Å². The number of benzene rings is 2. The van der Waals surface area contributed by atoms with Gasteiger partial charge in [0.15, 0.2) is 0 Å². The molecule has 5 nitrogen and oxygen atoms in total. The Balaban J connectivity index is 1.53. The number of hydrogen-bond donors (Lipinski definition) is 1. The number of carbonyl (C=O) groups is 1. The van der Waals surface area contributed by atoms with Crippen molar-refractivity contribution in [2.45, 2.75) is 30.8 Å². The number of carbonyl (C=O) groups excluding carboxylic acids is 1. The number of para-hydroxylation sites is 1. The zero-order valence-corrected chi connectivity index (χ0v) is 16.2. The van der Waals surface area contributed by atoms with Gasteiger partial charge in [-0.3, -0.25) is 4.79 Å². The molecule has 0 radical (unpaired) electrons. The number of likely N-dealkylation sites (tertiary alicyclic amines) is 1. The predicted molar refractivity (Wildman–Crippen MR) is 108 cm³/mol. The fraction of sp³-hybridized carbons (Fsp3) is 0.333. The van der Waals surface area contributed by atoms with Gasteiger partial charge >= 0.3 is 0 Å². The van der Waals surface area contributed by atoms with Crippen molar-refractivity contribution in [1.82, 2.24) is 4.90 Å². The molecule has 146 valence electrons. The van der Waals surface area contributed by atoms with Crippen LogP contribution in [-0.2, 0) is 4.79 Å². The molecule has 4 rings (SSSR count). The van der Waals surface area contributed by atoms with Crippen LogP contribution in [0.5, 0.6) is 5.75 Å². The molecule has 1 heterocycles. The lowest BCUT2D eigenvalue weighted by Crippen LogP contribution is -2.65. The SMILES string of the molecule is COc1ccccc1C#Cc1ccc([C@H]2[C@@H](C#N)N(C(=O)C3CC3)[C@H]2CO)cc1. The highest BCUT2D eigenvalue weighted by atomic mass is 16.5. The lowest BCUT2D eigenvalue weighted by atomic mass is 9.75. The average molecular weight is 386 g/mol. The van der Waals surface area contributed by atoms with Gasteiger partial charge in [-0.15, -0.1) is 0 Å². The van der Waals surface area contributed by atoms with Gasteiger partial charge < -0.3 is 14.7 Å². The second-order valence-corrected chi connectivity index (χ2v) is 7.44. The quantitative estimate of drug-likeness (QED) is 0.820. The van der Waals surface area contributed by atoms with E-state index in [2.05, 4.69) is 17.9 Å². The van der Waals surface area contributed by atoms with Crippen molar-refractivity contribution in [3.05, 3.63) is 65.2 Å². The molecule has 2 aromatic rings. The van der Waals surface area contributed by atoms with Crippen LogP contribution in [0.15, 0.2) is 48.5 Å². The molecule has 0 bridgehead atoms. The minimum atomic E-state index is -0.522. The van der Waals surface area contributed by atoms with Crippen LogP contribution in [0, 0.1) is 29.1 Å². The van der Waals surface area contributed by atoms with Gasteiger partial charge in [-0.25, -0.2) is 0 Å². The number of aliphatic hydroxyl groups is 1. The highest BCUT2D eigenvalue weighted by Crippen LogP contribution is 2.44. The van der Waals surface area contributed by atoms with E-state index in [1.165, 1.54) is 0 Å². The number of nitrogens with zero attached hydrogens (tertiary/aromatic N) is 2. The number of ether oxygens (including phenoxy) is 1. The first-order valence-corrected chi connectivity index (χ1v) is 9.75. The van der Waals surface area contributed by atoms with Crippen LogP contribution >= 0.6 is 0 Å². The fourth-order valence-electron chi connectivity index (χ4n) is 3.93. The van der Waals surface area contributed by atoms with Crippen molar-refractivity contribution in [2.75, 3.05) is 13.7 Å². The molecule has 0 spiro atoms. The Bertz CT molecular complexity index is 1010. The number of amides is 1. The van der Waals surface area contributed by atoms with Crippen molar-refractivity contribution in [1.29, 1.82) is 5.26 Å². The minimum absolute atomic E-state index is 0.00569. The maximum atomic E-state index is 12.5. The molecule has 0 aromatic heterocycles. The van der Waals surface area contributed by atoms with Gasteiger partial charge in [0, 0.05) is 17.4 Å². The van der Waals surface area contributed by atoms with E-state index < -0.39 is 6.04 Å². The summed E-state index contributed by atoms with van der Waals surface area (Å²) < 4.78 is 5.32. The summed E-state index contributed by atoms with van der Waals surface area (Å²) >= 11 is 0. The maximum Gasteiger partial charge on any atom is 0.227 e. The van der Waals surface area contributed by atoms with Gasteiger partial charge in [-0.1, -0.05) is 36.1 Å². The van der Waals surface area contributed by atoms with Crippen LogP contribution < -0.4 is 4.74 Å². The molecule has 2 aliphatic rings. The third-order valence-corrected chi connectivity index (χ3v) is 5.66. The minimum Gasteiger partial charge on any atom is -0.495 e. The Hall–Kier alpha value is -3.28.